The van der Waals surface area contributed by atoms with Crippen molar-refractivity contribution in [1.29, 1.82) is 0 Å². The van der Waals surface area contributed by atoms with Gasteiger partial charge in [0.1, 0.15) is 0 Å². The van der Waals surface area contributed by atoms with Gasteiger partial charge in [-0.25, -0.2) is 0 Å². The molecule has 5 nitrogen and oxygen atoms in total. The Balaban J connectivity index is 1.44. The van der Waals surface area contributed by atoms with Gasteiger partial charge in [0.15, 0.2) is 0 Å². The van der Waals surface area contributed by atoms with E-state index in [0.29, 0.717) is 11.3 Å². The summed E-state index contributed by atoms with van der Waals surface area (Å²) >= 11 is 0. The van der Waals surface area contributed by atoms with E-state index >= 15 is 0 Å². The predicted octanol–water partition coefficient (Wildman–Crippen LogP) is 4.70. The third kappa shape index (κ3) is 4.36. The Labute approximate surface area is 177 Å². The lowest BCUT2D eigenvalue weighted by Gasteiger charge is -2.17. The summed E-state index contributed by atoms with van der Waals surface area (Å²) in [5.74, 6) is -0.111. The maximum absolute atomic E-state index is 12.4. The fourth-order valence-electron chi connectivity index (χ4n) is 3.79. The quantitative estimate of drug-likeness (QED) is 0.416. The molecule has 0 spiro atoms. The maximum atomic E-state index is 12.4. The fourth-order valence-corrected chi connectivity index (χ4v) is 3.79. The van der Waals surface area contributed by atoms with Crippen molar-refractivity contribution in [2.24, 2.45) is 0 Å². The number of amides is 1. The molecule has 1 aliphatic rings. The van der Waals surface area contributed by atoms with Crippen LogP contribution in [0.25, 0.3) is 5.57 Å². The smallest absolute Gasteiger partial charge is 0.258 e. The highest BCUT2D eigenvalue weighted by Crippen LogP contribution is 2.35. The number of hydrogen-bond acceptors (Lipinski definition) is 4. The van der Waals surface area contributed by atoms with Gasteiger partial charge >= 0.3 is 0 Å². The summed E-state index contributed by atoms with van der Waals surface area (Å²) in [5, 5.41) is 6.25. The Morgan fingerprint density at radius 1 is 0.967 bits per heavy atom. The molecule has 1 aliphatic heterocycles. The summed E-state index contributed by atoms with van der Waals surface area (Å²) in [6.07, 6.45) is 0. The lowest BCUT2D eigenvalue weighted by molar-refractivity contribution is -0.110. The minimum atomic E-state index is -0.111. The molecule has 0 radical (unpaired) electrons. The number of carbonyl (C=O) groups is 1. The van der Waals surface area contributed by atoms with Crippen LogP contribution in [-0.2, 0) is 17.9 Å². The molecular formula is C25H26N4O. The summed E-state index contributed by atoms with van der Waals surface area (Å²) in [4.78, 5) is 14.7. The van der Waals surface area contributed by atoms with Crippen LogP contribution < -0.4 is 16.4 Å². The van der Waals surface area contributed by atoms with Crippen molar-refractivity contribution < 1.29 is 4.79 Å². The van der Waals surface area contributed by atoms with Gasteiger partial charge in [-0.1, -0.05) is 42.5 Å². The van der Waals surface area contributed by atoms with E-state index in [2.05, 4.69) is 59.0 Å². The number of anilines is 3. The number of fused-ring (bicyclic) bond motifs is 1. The molecule has 4 rings (SSSR count). The first-order chi connectivity index (χ1) is 14.5. The van der Waals surface area contributed by atoms with Crippen LogP contribution in [-0.4, -0.2) is 17.9 Å². The van der Waals surface area contributed by atoms with Crippen molar-refractivity contribution in [3.8, 4) is 0 Å². The Morgan fingerprint density at radius 3 is 2.33 bits per heavy atom. The molecule has 30 heavy (non-hydrogen) atoms. The second-order valence-corrected chi connectivity index (χ2v) is 7.74. The van der Waals surface area contributed by atoms with Crippen molar-refractivity contribution in [3.05, 3.63) is 95.2 Å². The number of nitrogen functional groups attached to an aromatic ring is 1. The van der Waals surface area contributed by atoms with E-state index in [0.717, 1.165) is 35.7 Å². The molecule has 0 saturated carbocycles. The highest BCUT2D eigenvalue weighted by atomic mass is 16.2. The Hall–Kier alpha value is -3.57. The van der Waals surface area contributed by atoms with E-state index in [1.54, 1.807) is 6.07 Å². The maximum Gasteiger partial charge on any atom is 0.258 e. The average Bonchev–Trinajstić information content (AvgIpc) is 3.05. The summed E-state index contributed by atoms with van der Waals surface area (Å²) < 4.78 is 0. The third-order valence-corrected chi connectivity index (χ3v) is 5.20. The van der Waals surface area contributed by atoms with Gasteiger partial charge in [-0.05, 0) is 55.4 Å². The predicted molar refractivity (Wildman–Crippen MR) is 124 cm³/mol. The molecule has 4 N–H and O–H groups in total. The van der Waals surface area contributed by atoms with Crippen LogP contribution in [0.5, 0.6) is 0 Å². The second kappa shape index (κ2) is 8.43. The Morgan fingerprint density at radius 2 is 1.63 bits per heavy atom. The number of nitrogens with two attached hydrogens (primary N) is 1. The van der Waals surface area contributed by atoms with Gasteiger partial charge in [-0.3, -0.25) is 9.69 Å². The van der Waals surface area contributed by atoms with Crippen LogP contribution in [0.15, 0.2) is 78.5 Å². The number of carbonyl (C=O) groups excluding carboxylic acids is 1. The zero-order valence-electron chi connectivity index (χ0n) is 17.3. The summed E-state index contributed by atoms with van der Waals surface area (Å²) in [7, 11) is 2.12. The lowest BCUT2D eigenvalue weighted by atomic mass is 10.0. The van der Waals surface area contributed by atoms with Crippen molar-refractivity contribution in [2.75, 3.05) is 23.4 Å². The first-order valence-corrected chi connectivity index (χ1v) is 10.00. The zero-order chi connectivity index (χ0) is 21.1. The van der Waals surface area contributed by atoms with E-state index in [9.17, 15) is 4.79 Å². The topological polar surface area (TPSA) is 70.4 Å². The molecule has 1 amide bonds. The normalized spacial score (nSPS) is 14.4. The number of benzene rings is 3. The van der Waals surface area contributed by atoms with Crippen LogP contribution in [0.3, 0.4) is 0 Å². The molecule has 3 aromatic rings. The minimum absolute atomic E-state index is 0.111. The second-order valence-electron chi connectivity index (χ2n) is 7.74. The van der Waals surface area contributed by atoms with Gasteiger partial charge in [-0.15, -0.1) is 0 Å². The molecule has 0 unspecified atom stereocenters. The molecule has 0 atom stereocenters. The van der Waals surface area contributed by atoms with Crippen LogP contribution in [0.2, 0.25) is 0 Å². The summed E-state index contributed by atoms with van der Waals surface area (Å²) in [6.45, 7) is 3.68. The number of hydrogen-bond donors (Lipinski definition) is 3. The van der Waals surface area contributed by atoms with Crippen molar-refractivity contribution in [1.82, 2.24) is 4.90 Å². The molecule has 0 bridgehead atoms. The number of nitrogens with one attached hydrogen (secondary N) is 2. The van der Waals surface area contributed by atoms with E-state index in [1.165, 1.54) is 11.1 Å². The van der Waals surface area contributed by atoms with Gasteiger partial charge < -0.3 is 16.4 Å². The number of nitrogens with zero attached hydrogens (tertiary/aromatic N) is 1. The molecule has 0 fully saturated rings. The first-order valence-electron chi connectivity index (χ1n) is 10.00. The van der Waals surface area contributed by atoms with E-state index in [1.807, 2.05) is 37.3 Å². The van der Waals surface area contributed by atoms with Crippen molar-refractivity contribution >= 4 is 28.5 Å². The van der Waals surface area contributed by atoms with Gasteiger partial charge in [-0.2, -0.15) is 0 Å². The van der Waals surface area contributed by atoms with E-state index < -0.39 is 0 Å². The summed E-state index contributed by atoms with van der Waals surface area (Å²) in [6, 6.07) is 24.2. The lowest BCUT2D eigenvalue weighted by Crippen LogP contribution is -2.17. The first kappa shape index (κ1) is 19.7. The molecule has 5 heteroatoms. The zero-order valence-corrected chi connectivity index (χ0v) is 17.3. The van der Waals surface area contributed by atoms with Crippen LogP contribution in [0.1, 0.15) is 23.6 Å². The third-order valence-electron chi connectivity index (χ3n) is 5.20. The monoisotopic (exact) mass is 398 g/mol. The van der Waals surface area contributed by atoms with Crippen LogP contribution in [0.4, 0.5) is 17.1 Å². The van der Waals surface area contributed by atoms with E-state index in [4.69, 9.17) is 5.73 Å². The van der Waals surface area contributed by atoms with Gasteiger partial charge in [0.05, 0.1) is 5.57 Å². The highest BCUT2D eigenvalue weighted by molar-refractivity contribution is 6.32. The van der Waals surface area contributed by atoms with E-state index in [-0.39, 0.29) is 5.91 Å². The molecule has 0 aliphatic carbocycles. The molecule has 3 aromatic carbocycles. The van der Waals surface area contributed by atoms with Crippen molar-refractivity contribution in [3.63, 3.8) is 0 Å². The number of rotatable bonds is 6. The number of allylic oxidation sites excluding steroid dienone is 1. The molecular weight excluding hydrogens is 372 g/mol. The van der Waals surface area contributed by atoms with Crippen LogP contribution >= 0.6 is 0 Å². The average molecular weight is 399 g/mol. The Bertz CT molecular complexity index is 1090. The standard InChI is InChI=1S/C25H26N4O/c1-17(24-22-14-20(26)10-13-23(22)28-25(24)30)27-21-11-8-19(9-12-21)16-29(2)15-18-6-4-3-5-7-18/h3-14,27H,15-16,26H2,1-2H3,(H,28,30)/b24-17-. The molecule has 0 saturated heterocycles. The Kier molecular flexibility index (Phi) is 5.55. The summed E-state index contributed by atoms with van der Waals surface area (Å²) in [5.41, 5.74) is 13.1. The largest absolute Gasteiger partial charge is 0.399 e. The van der Waals surface area contributed by atoms with Gasteiger partial charge in [0, 0.05) is 41.4 Å². The highest BCUT2D eigenvalue weighted by Gasteiger charge is 2.26. The minimum Gasteiger partial charge on any atom is -0.399 e. The van der Waals surface area contributed by atoms with Gasteiger partial charge in [0.2, 0.25) is 0 Å². The molecule has 0 aromatic heterocycles. The van der Waals surface area contributed by atoms with Gasteiger partial charge in [0.25, 0.3) is 5.91 Å². The van der Waals surface area contributed by atoms with Crippen LogP contribution in [0, 0.1) is 0 Å². The molecule has 1 heterocycles. The molecule has 152 valence electrons. The van der Waals surface area contributed by atoms with Crippen molar-refractivity contribution in [2.45, 2.75) is 20.0 Å². The SMILES string of the molecule is C/C(Nc1ccc(CN(C)Cc2ccccc2)cc1)=C1/C(=O)Nc2ccc(N)cc21. The fraction of sp³-hybridized carbons (Fsp3) is 0.160.